The highest BCUT2D eigenvalue weighted by molar-refractivity contribution is 5.82. The van der Waals surface area contributed by atoms with E-state index in [9.17, 15) is 14.4 Å². The summed E-state index contributed by atoms with van der Waals surface area (Å²) < 4.78 is 0. The quantitative estimate of drug-likeness (QED) is 0.535. The lowest BCUT2D eigenvalue weighted by atomic mass is 10.1. The van der Waals surface area contributed by atoms with Crippen molar-refractivity contribution in [3.8, 4) is 0 Å². The Morgan fingerprint density at radius 3 is 2.35 bits per heavy atom. The van der Waals surface area contributed by atoms with Gasteiger partial charge in [0.2, 0.25) is 0 Å². The van der Waals surface area contributed by atoms with Gasteiger partial charge in [-0.15, -0.1) is 0 Å². The third-order valence-corrected chi connectivity index (χ3v) is 3.51. The van der Waals surface area contributed by atoms with Gasteiger partial charge in [0.15, 0.2) is 0 Å². The second kappa shape index (κ2) is 8.39. The zero-order chi connectivity index (χ0) is 15.0. The fraction of sp³-hybridized carbons (Fsp3) is 0.769. The molecule has 114 valence electrons. The minimum absolute atomic E-state index is 0.102. The van der Waals surface area contributed by atoms with Gasteiger partial charge in [-0.05, 0) is 31.6 Å². The molecule has 0 spiro atoms. The van der Waals surface area contributed by atoms with Gasteiger partial charge < -0.3 is 20.8 Å². The first-order valence-corrected chi connectivity index (χ1v) is 6.98. The number of carboxylic acids is 2. The Labute approximate surface area is 117 Å². The topological polar surface area (TPSA) is 116 Å². The maximum Gasteiger partial charge on any atom is 0.326 e. The van der Waals surface area contributed by atoms with Crippen LogP contribution in [0.4, 0.5) is 4.79 Å². The third kappa shape index (κ3) is 6.40. The van der Waals surface area contributed by atoms with Crippen molar-refractivity contribution in [1.82, 2.24) is 10.6 Å². The van der Waals surface area contributed by atoms with Crippen LogP contribution in [-0.2, 0) is 9.59 Å². The predicted molar refractivity (Wildman–Crippen MR) is 71.4 cm³/mol. The first-order valence-electron chi connectivity index (χ1n) is 6.98. The molecule has 0 radical (unpaired) electrons. The van der Waals surface area contributed by atoms with Crippen LogP contribution in [0.2, 0.25) is 0 Å². The molecule has 0 aromatic heterocycles. The highest BCUT2D eigenvalue weighted by Gasteiger charge is 2.21. The van der Waals surface area contributed by atoms with Crippen LogP contribution < -0.4 is 10.6 Å². The summed E-state index contributed by atoms with van der Waals surface area (Å²) in [5.74, 6) is -1.64. The minimum Gasteiger partial charge on any atom is -0.481 e. The van der Waals surface area contributed by atoms with E-state index in [2.05, 4.69) is 10.6 Å². The summed E-state index contributed by atoms with van der Waals surface area (Å²) in [7, 11) is 0. The van der Waals surface area contributed by atoms with E-state index in [4.69, 9.17) is 10.2 Å². The summed E-state index contributed by atoms with van der Waals surface area (Å²) in [5, 5.41) is 22.5. The number of aliphatic carboxylic acids is 2. The molecule has 0 heterocycles. The maximum absolute atomic E-state index is 11.6. The Balaban J connectivity index is 2.26. The summed E-state index contributed by atoms with van der Waals surface area (Å²) in [4.78, 5) is 33.0. The van der Waals surface area contributed by atoms with Gasteiger partial charge in [0, 0.05) is 13.0 Å². The van der Waals surface area contributed by atoms with Crippen LogP contribution in [0.15, 0.2) is 0 Å². The molecule has 1 aliphatic carbocycles. The molecule has 0 aromatic rings. The number of hydrogen-bond acceptors (Lipinski definition) is 3. The van der Waals surface area contributed by atoms with E-state index in [1.54, 1.807) is 0 Å². The second-order valence-corrected chi connectivity index (χ2v) is 5.18. The lowest BCUT2D eigenvalue weighted by Crippen LogP contribution is -2.46. The first kappa shape index (κ1) is 16.3. The molecule has 0 saturated heterocycles. The number of carboxylic acid groups (broad SMARTS) is 2. The molecule has 0 bridgehead atoms. The normalized spacial score (nSPS) is 16.6. The first-order chi connectivity index (χ1) is 9.49. The molecule has 0 unspecified atom stereocenters. The summed E-state index contributed by atoms with van der Waals surface area (Å²) in [5.41, 5.74) is 0. The van der Waals surface area contributed by atoms with Crippen molar-refractivity contribution < 1.29 is 24.6 Å². The Morgan fingerprint density at radius 1 is 1.15 bits per heavy atom. The average Bonchev–Trinajstić information content (AvgIpc) is 2.87. The van der Waals surface area contributed by atoms with Crippen molar-refractivity contribution in [2.45, 2.75) is 51.0 Å². The molecule has 1 saturated carbocycles. The average molecular weight is 286 g/mol. The van der Waals surface area contributed by atoms with Gasteiger partial charge >= 0.3 is 18.0 Å². The molecular weight excluding hydrogens is 264 g/mol. The number of hydrogen-bond donors (Lipinski definition) is 4. The predicted octanol–water partition coefficient (Wildman–Crippen LogP) is 1.18. The zero-order valence-electron chi connectivity index (χ0n) is 11.4. The van der Waals surface area contributed by atoms with Gasteiger partial charge in [-0.2, -0.15) is 0 Å². The van der Waals surface area contributed by atoms with Crippen molar-refractivity contribution in [2.24, 2.45) is 5.92 Å². The van der Waals surface area contributed by atoms with Crippen LogP contribution in [-0.4, -0.2) is 40.8 Å². The van der Waals surface area contributed by atoms with E-state index >= 15 is 0 Å². The zero-order valence-corrected chi connectivity index (χ0v) is 11.4. The van der Waals surface area contributed by atoms with Crippen LogP contribution >= 0.6 is 0 Å². The second-order valence-electron chi connectivity index (χ2n) is 5.18. The molecule has 7 nitrogen and oxygen atoms in total. The number of carbonyl (C=O) groups is 3. The molecule has 4 N–H and O–H groups in total. The molecule has 2 amide bonds. The highest BCUT2D eigenvalue weighted by atomic mass is 16.4. The SMILES string of the molecule is O=C(O)CCC[C@@H](NC(=O)NCC1CCCC1)C(=O)O. The van der Waals surface area contributed by atoms with Gasteiger partial charge in [0.05, 0.1) is 0 Å². The van der Waals surface area contributed by atoms with Crippen molar-refractivity contribution in [3.05, 3.63) is 0 Å². The van der Waals surface area contributed by atoms with E-state index in [0.717, 1.165) is 12.8 Å². The van der Waals surface area contributed by atoms with E-state index < -0.39 is 24.0 Å². The van der Waals surface area contributed by atoms with Crippen LogP contribution in [0.25, 0.3) is 0 Å². The van der Waals surface area contributed by atoms with Crippen molar-refractivity contribution in [3.63, 3.8) is 0 Å². The fourth-order valence-electron chi connectivity index (χ4n) is 2.38. The Bertz CT molecular complexity index is 353. The van der Waals surface area contributed by atoms with Gasteiger partial charge in [-0.3, -0.25) is 4.79 Å². The smallest absolute Gasteiger partial charge is 0.326 e. The summed E-state index contributed by atoms with van der Waals surface area (Å²) in [6, 6.07) is -1.54. The largest absolute Gasteiger partial charge is 0.481 e. The lowest BCUT2D eigenvalue weighted by molar-refractivity contribution is -0.140. The van der Waals surface area contributed by atoms with Gasteiger partial charge in [-0.1, -0.05) is 12.8 Å². The number of carbonyl (C=O) groups excluding carboxylic acids is 1. The molecule has 0 aliphatic heterocycles. The fourth-order valence-corrected chi connectivity index (χ4v) is 2.38. The summed E-state index contributed by atoms with van der Waals surface area (Å²) in [6.07, 6.45) is 4.78. The molecule has 1 atom stereocenters. The van der Waals surface area contributed by atoms with Gasteiger partial charge in [0.25, 0.3) is 0 Å². The van der Waals surface area contributed by atoms with E-state index in [1.807, 2.05) is 0 Å². The van der Waals surface area contributed by atoms with E-state index in [-0.39, 0.29) is 19.3 Å². The molecular formula is C13H22N2O5. The van der Waals surface area contributed by atoms with Crippen LogP contribution in [0.3, 0.4) is 0 Å². The number of nitrogens with one attached hydrogen (secondary N) is 2. The van der Waals surface area contributed by atoms with Crippen molar-refractivity contribution in [2.75, 3.05) is 6.54 Å². The van der Waals surface area contributed by atoms with Crippen LogP contribution in [0.5, 0.6) is 0 Å². The number of urea groups is 1. The summed E-state index contributed by atoms with van der Waals surface area (Å²) >= 11 is 0. The van der Waals surface area contributed by atoms with Crippen LogP contribution in [0, 0.1) is 5.92 Å². The molecule has 0 aromatic carbocycles. The molecule has 20 heavy (non-hydrogen) atoms. The minimum atomic E-state index is -1.15. The maximum atomic E-state index is 11.6. The highest BCUT2D eigenvalue weighted by Crippen LogP contribution is 2.23. The third-order valence-electron chi connectivity index (χ3n) is 3.51. The Kier molecular flexibility index (Phi) is 6.83. The van der Waals surface area contributed by atoms with E-state index in [1.165, 1.54) is 12.8 Å². The molecule has 7 heteroatoms. The Morgan fingerprint density at radius 2 is 1.80 bits per heavy atom. The summed E-state index contributed by atoms with van der Waals surface area (Å²) in [6.45, 7) is 0.563. The lowest BCUT2D eigenvalue weighted by Gasteiger charge is -2.16. The monoisotopic (exact) mass is 286 g/mol. The van der Waals surface area contributed by atoms with E-state index in [0.29, 0.717) is 12.5 Å². The molecule has 1 rings (SSSR count). The standard InChI is InChI=1S/C13H22N2O5/c16-11(17)7-3-6-10(12(18)19)15-13(20)14-8-9-4-1-2-5-9/h9-10H,1-8H2,(H,16,17)(H,18,19)(H2,14,15,20)/t10-/m1/s1. The molecule has 1 aliphatic rings. The van der Waals surface area contributed by atoms with Gasteiger partial charge in [0.1, 0.15) is 6.04 Å². The van der Waals surface area contributed by atoms with Gasteiger partial charge in [-0.25, -0.2) is 9.59 Å². The van der Waals surface area contributed by atoms with Crippen LogP contribution in [0.1, 0.15) is 44.9 Å². The number of rotatable bonds is 8. The van der Waals surface area contributed by atoms with Crippen molar-refractivity contribution >= 4 is 18.0 Å². The number of amides is 2. The Hall–Kier alpha value is -1.79. The molecule has 1 fully saturated rings. The van der Waals surface area contributed by atoms with Crippen molar-refractivity contribution in [1.29, 1.82) is 0 Å².